The van der Waals surface area contributed by atoms with Crippen LogP contribution in [0.15, 0.2) is 0 Å². The summed E-state index contributed by atoms with van der Waals surface area (Å²) < 4.78 is 4.94. The van der Waals surface area contributed by atoms with Gasteiger partial charge < -0.3 is 4.74 Å². The summed E-state index contributed by atoms with van der Waals surface area (Å²) in [6, 6.07) is 0. The molecule has 0 saturated carbocycles. The van der Waals surface area contributed by atoms with Crippen LogP contribution in [0.2, 0.25) is 0 Å². The monoisotopic (exact) mass is 207 g/mol. The molecule has 1 aliphatic heterocycles. The molecule has 1 fully saturated rings. The fourth-order valence-electron chi connectivity index (χ4n) is 0.510. The number of rotatable bonds is 0. The van der Waals surface area contributed by atoms with E-state index in [0.29, 0.717) is 0 Å². The Kier molecular flexibility index (Phi) is 9.35. The Labute approximate surface area is 66.9 Å². The number of hydrogen-bond donors (Lipinski definition) is 0. The summed E-state index contributed by atoms with van der Waals surface area (Å²) in [5, 5.41) is 0. The van der Waals surface area contributed by atoms with E-state index in [-0.39, 0.29) is 1.43 Å². The van der Waals surface area contributed by atoms with Crippen molar-refractivity contribution in [2.75, 3.05) is 13.2 Å². The molecule has 0 radical (unpaired) electrons. The Morgan fingerprint density at radius 1 is 1.25 bits per heavy atom. The molecule has 46 valence electrons. The van der Waals surface area contributed by atoms with E-state index in [9.17, 15) is 0 Å². The van der Waals surface area contributed by atoms with E-state index in [1.54, 1.807) is 0 Å². The van der Waals surface area contributed by atoms with E-state index in [1.807, 2.05) is 0 Å². The van der Waals surface area contributed by atoms with Crippen LogP contribution in [0, 0.1) is 0 Å². The van der Waals surface area contributed by atoms with Gasteiger partial charge in [-0.15, -0.1) is 0 Å². The Bertz CT molecular complexity index is 37.9. The van der Waals surface area contributed by atoms with Crippen LogP contribution in [0.4, 0.5) is 0 Å². The van der Waals surface area contributed by atoms with Crippen LogP contribution in [0.5, 0.6) is 0 Å². The van der Waals surface area contributed by atoms with E-state index in [1.165, 1.54) is 12.8 Å². The van der Waals surface area contributed by atoms with Gasteiger partial charge in [0.1, 0.15) is 0 Å². The van der Waals surface area contributed by atoms with Gasteiger partial charge in [-0.05, 0) is 12.8 Å². The van der Waals surface area contributed by atoms with E-state index < -0.39 is 15.1 Å². The molecule has 0 aromatic rings. The van der Waals surface area contributed by atoms with Gasteiger partial charge in [-0.3, -0.25) is 0 Å². The maximum atomic E-state index is 4.95. The second kappa shape index (κ2) is 8.16. The molecule has 0 amide bonds. The third-order valence-electron chi connectivity index (χ3n) is 0.827. The number of halogens is 2. The predicted octanol–water partition coefficient (Wildman–Crippen LogP) is 2.29. The zero-order chi connectivity index (χ0) is 6.24. The standard InChI is InChI=1S/C4H8O.2ClH.Zn/c1-2-4-5-3-1;;;/h1-4H2;2*1H;/q;;;+2/p-1. The summed E-state index contributed by atoms with van der Waals surface area (Å²) in [5.41, 5.74) is 0. The summed E-state index contributed by atoms with van der Waals surface area (Å²) >= 11 is -0.931. The van der Waals surface area contributed by atoms with Crippen molar-refractivity contribution in [2.45, 2.75) is 12.8 Å². The van der Waals surface area contributed by atoms with E-state index in [2.05, 4.69) is 0 Å². The van der Waals surface area contributed by atoms with Crippen LogP contribution < -0.4 is 0 Å². The van der Waals surface area contributed by atoms with Crippen molar-refractivity contribution in [1.29, 1.82) is 0 Å². The van der Waals surface area contributed by atoms with Crippen molar-refractivity contribution >= 4 is 19.4 Å². The summed E-state index contributed by atoms with van der Waals surface area (Å²) in [5.74, 6) is 0. The maximum Gasteiger partial charge on any atom is 1.00 e. The number of ether oxygens (including phenoxy) is 1. The molecule has 1 aliphatic rings. The summed E-state index contributed by atoms with van der Waals surface area (Å²) in [4.78, 5) is 0. The smallest absolute Gasteiger partial charge is 1.00 e. The van der Waals surface area contributed by atoms with E-state index in [4.69, 9.17) is 24.1 Å². The second-order valence-corrected chi connectivity index (χ2v) is 6.04. The second-order valence-electron chi connectivity index (χ2n) is 1.42. The molecule has 8 heavy (non-hydrogen) atoms. The first kappa shape index (κ1) is 9.16. The molecule has 0 unspecified atom stereocenters. The van der Waals surface area contributed by atoms with Crippen molar-refractivity contribution in [3.63, 3.8) is 0 Å². The molecule has 1 rings (SSSR count). The predicted molar refractivity (Wildman–Crippen MR) is 32.9 cm³/mol. The molecular weight excluding hydrogens is 200 g/mol. The fraction of sp³-hybridized carbons (Fsp3) is 1.00. The van der Waals surface area contributed by atoms with Gasteiger partial charge in [0.2, 0.25) is 0 Å². The quantitative estimate of drug-likeness (QED) is 0.556. The molecule has 1 heterocycles. The number of hydrogen-bond acceptors (Lipinski definition) is 1. The molecule has 0 spiro atoms. The third-order valence-corrected chi connectivity index (χ3v) is 0.827. The summed E-state index contributed by atoms with van der Waals surface area (Å²) in [6.07, 6.45) is 2.56. The molecule has 0 atom stereocenters. The van der Waals surface area contributed by atoms with Gasteiger partial charge in [-0.2, -0.15) is 0 Å². The van der Waals surface area contributed by atoms with Crippen LogP contribution >= 0.6 is 19.4 Å². The van der Waals surface area contributed by atoms with Gasteiger partial charge in [0, 0.05) is 13.2 Å². The van der Waals surface area contributed by atoms with Gasteiger partial charge in [-0.1, -0.05) is 0 Å². The van der Waals surface area contributed by atoms with Gasteiger partial charge in [-0.25, -0.2) is 0 Å². The zero-order valence-electron chi connectivity index (χ0n) is 5.70. The van der Waals surface area contributed by atoms with Crippen molar-refractivity contribution in [3.05, 3.63) is 0 Å². The van der Waals surface area contributed by atoms with E-state index in [0.717, 1.165) is 13.2 Å². The Morgan fingerprint density at radius 3 is 1.75 bits per heavy atom. The van der Waals surface area contributed by atoms with Crippen molar-refractivity contribution < 1.29 is 21.3 Å². The Morgan fingerprint density at radius 2 is 1.62 bits per heavy atom. The molecule has 1 saturated heterocycles. The van der Waals surface area contributed by atoms with Gasteiger partial charge >= 0.3 is 36.0 Å². The first-order chi connectivity index (χ1) is 3.91. The average molecular weight is 209 g/mol. The SMILES string of the molecule is C1CCOC1.[Cl][Zn][Cl].[H+]. The van der Waals surface area contributed by atoms with E-state index >= 15 is 0 Å². The summed E-state index contributed by atoms with van der Waals surface area (Å²) in [7, 11) is 9.90. The Balaban J connectivity index is 0. The molecule has 0 aromatic carbocycles. The third kappa shape index (κ3) is 7.16. The average Bonchev–Trinajstić information content (AvgIpc) is 2.17. The van der Waals surface area contributed by atoms with Crippen molar-refractivity contribution in [2.24, 2.45) is 0 Å². The molecule has 0 aliphatic carbocycles. The zero-order valence-corrected chi connectivity index (χ0v) is 9.18. The Hall–Kier alpha value is 1.16. The first-order valence-corrected chi connectivity index (χ1v) is 10.4. The van der Waals surface area contributed by atoms with Gasteiger partial charge in [0.05, 0.1) is 0 Å². The minimum atomic E-state index is -0.931. The van der Waals surface area contributed by atoms with Gasteiger partial charge in [0.25, 0.3) is 0 Å². The minimum absolute atomic E-state index is 0. The maximum absolute atomic E-state index is 4.95. The molecular formula is C4H9Cl2OZn+. The molecule has 0 aromatic heterocycles. The molecule has 0 bridgehead atoms. The van der Waals surface area contributed by atoms with Crippen molar-refractivity contribution in [1.82, 2.24) is 0 Å². The van der Waals surface area contributed by atoms with Crippen LogP contribution in [0.25, 0.3) is 0 Å². The molecule has 4 heteroatoms. The molecule has 0 N–H and O–H groups in total. The van der Waals surface area contributed by atoms with Crippen LogP contribution in [-0.2, 0) is 19.9 Å². The topological polar surface area (TPSA) is 9.23 Å². The largest absolute Gasteiger partial charge is 1.00 e. The van der Waals surface area contributed by atoms with Crippen molar-refractivity contribution in [3.8, 4) is 0 Å². The minimum Gasteiger partial charge on any atom is 1.00 e. The fourth-order valence-corrected chi connectivity index (χ4v) is 0.510. The van der Waals surface area contributed by atoms with Gasteiger partial charge in [0.15, 0.2) is 0 Å². The van der Waals surface area contributed by atoms with Crippen LogP contribution in [-0.4, -0.2) is 13.2 Å². The first-order valence-electron chi connectivity index (χ1n) is 2.61. The van der Waals surface area contributed by atoms with Crippen LogP contribution in [0.3, 0.4) is 0 Å². The normalized spacial score (nSPS) is 16.2. The molecule has 1 nitrogen and oxygen atoms in total. The summed E-state index contributed by atoms with van der Waals surface area (Å²) in [6.45, 7) is 2.00. The van der Waals surface area contributed by atoms with Crippen LogP contribution in [0.1, 0.15) is 14.3 Å².